The van der Waals surface area contributed by atoms with E-state index in [1.807, 2.05) is 12.3 Å². The number of thiophene rings is 1. The molecule has 0 aliphatic heterocycles. The van der Waals surface area contributed by atoms with Crippen molar-refractivity contribution in [1.82, 2.24) is 0 Å². The molecule has 4 heteroatoms. The van der Waals surface area contributed by atoms with Gasteiger partial charge in [-0.25, -0.2) is 4.79 Å². The van der Waals surface area contributed by atoms with E-state index >= 15 is 0 Å². The lowest BCUT2D eigenvalue weighted by molar-refractivity contribution is 0.0528. The van der Waals surface area contributed by atoms with E-state index in [1.54, 1.807) is 6.07 Å². The Hall–Kier alpha value is -1.03. The number of esters is 1. The van der Waals surface area contributed by atoms with E-state index in [9.17, 15) is 4.79 Å². The van der Waals surface area contributed by atoms with Crippen LogP contribution in [0.15, 0.2) is 11.4 Å². The number of carbonyl (C=O) groups excluding carboxylic acids is 1. The van der Waals surface area contributed by atoms with Crippen molar-refractivity contribution in [3.8, 4) is 0 Å². The number of carbonyl (C=O) groups is 1. The van der Waals surface area contributed by atoms with Gasteiger partial charge in [0.1, 0.15) is 5.00 Å². The molecule has 0 aromatic carbocycles. The smallest absolute Gasteiger partial charge is 0.341 e. The van der Waals surface area contributed by atoms with Crippen LogP contribution in [0.3, 0.4) is 0 Å². The summed E-state index contributed by atoms with van der Waals surface area (Å²) in [7, 11) is 0. The highest BCUT2D eigenvalue weighted by atomic mass is 32.1. The number of ether oxygens (including phenoxy) is 1. The molecule has 1 aromatic heterocycles. The summed E-state index contributed by atoms with van der Waals surface area (Å²) >= 11 is 1.53. The van der Waals surface area contributed by atoms with Crippen LogP contribution in [0.25, 0.3) is 0 Å². The third-order valence-corrected chi connectivity index (χ3v) is 2.57. The van der Waals surface area contributed by atoms with Gasteiger partial charge in [0.05, 0.1) is 12.2 Å². The maximum Gasteiger partial charge on any atom is 0.341 e. The fraction of sp³-hybridized carbons (Fsp3) is 0.500. The predicted molar refractivity (Wildman–Crippen MR) is 59.1 cm³/mol. The molecule has 0 aliphatic rings. The first-order valence-corrected chi connectivity index (χ1v) is 5.66. The Labute approximate surface area is 88.1 Å². The Morgan fingerprint density at radius 1 is 1.57 bits per heavy atom. The van der Waals surface area contributed by atoms with E-state index in [4.69, 9.17) is 4.74 Å². The third-order valence-electron chi connectivity index (χ3n) is 1.70. The van der Waals surface area contributed by atoms with Gasteiger partial charge in [-0.3, -0.25) is 0 Å². The molecule has 0 unspecified atom stereocenters. The first kappa shape index (κ1) is 11.0. The van der Waals surface area contributed by atoms with Crippen LogP contribution in [0, 0.1) is 0 Å². The summed E-state index contributed by atoms with van der Waals surface area (Å²) in [5.41, 5.74) is 0.644. The standard InChI is InChI=1S/C10H15NO2S/c1-3-6-11-9-8(5-7-14-9)10(12)13-4-2/h5,7,11H,3-4,6H2,1-2H3. The van der Waals surface area contributed by atoms with Gasteiger partial charge in [0, 0.05) is 6.54 Å². The minimum absolute atomic E-state index is 0.243. The number of hydrogen-bond acceptors (Lipinski definition) is 4. The van der Waals surface area contributed by atoms with Gasteiger partial charge in [-0.05, 0) is 24.8 Å². The monoisotopic (exact) mass is 213 g/mol. The Balaban J connectivity index is 2.66. The molecule has 1 heterocycles. The molecule has 1 rings (SSSR count). The molecule has 14 heavy (non-hydrogen) atoms. The fourth-order valence-corrected chi connectivity index (χ4v) is 1.86. The quantitative estimate of drug-likeness (QED) is 0.764. The van der Waals surface area contributed by atoms with Crippen LogP contribution in [0.5, 0.6) is 0 Å². The van der Waals surface area contributed by atoms with E-state index in [-0.39, 0.29) is 5.97 Å². The van der Waals surface area contributed by atoms with E-state index in [0.717, 1.165) is 18.0 Å². The summed E-state index contributed by atoms with van der Waals surface area (Å²) in [6, 6.07) is 1.79. The van der Waals surface area contributed by atoms with E-state index < -0.39 is 0 Å². The number of rotatable bonds is 5. The average Bonchev–Trinajstić information content (AvgIpc) is 2.63. The molecule has 0 aliphatic carbocycles. The van der Waals surface area contributed by atoms with Crippen molar-refractivity contribution in [1.29, 1.82) is 0 Å². The van der Waals surface area contributed by atoms with Gasteiger partial charge >= 0.3 is 5.97 Å². The zero-order valence-electron chi connectivity index (χ0n) is 8.50. The molecule has 0 saturated heterocycles. The van der Waals surface area contributed by atoms with Crippen LogP contribution in [-0.2, 0) is 4.74 Å². The molecular weight excluding hydrogens is 198 g/mol. The van der Waals surface area contributed by atoms with Gasteiger partial charge in [-0.15, -0.1) is 11.3 Å². The summed E-state index contributed by atoms with van der Waals surface area (Å²) in [5, 5.41) is 6.00. The Bertz CT molecular complexity index is 296. The van der Waals surface area contributed by atoms with Gasteiger partial charge in [0.15, 0.2) is 0 Å². The topological polar surface area (TPSA) is 38.3 Å². The summed E-state index contributed by atoms with van der Waals surface area (Å²) < 4.78 is 4.93. The SMILES string of the molecule is CCCNc1sccc1C(=O)OCC. The van der Waals surface area contributed by atoms with Crippen LogP contribution in [0.2, 0.25) is 0 Å². The van der Waals surface area contributed by atoms with Crippen LogP contribution < -0.4 is 5.32 Å². The molecule has 0 saturated carbocycles. The highest BCUT2D eigenvalue weighted by molar-refractivity contribution is 7.14. The third kappa shape index (κ3) is 2.73. The maximum absolute atomic E-state index is 11.4. The second-order valence-corrected chi connectivity index (χ2v) is 3.73. The minimum Gasteiger partial charge on any atom is -0.462 e. The first-order valence-electron chi connectivity index (χ1n) is 4.78. The zero-order valence-corrected chi connectivity index (χ0v) is 9.32. The molecular formula is C10H15NO2S. The molecule has 0 radical (unpaired) electrons. The van der Waals surface area contributed by atoms with Crippen LogP contribution >= 0.6 is 11.3 Å². The van der Waals surface area contributed by atoms with Gasteiger partial charge < -0.3 is 10.1 Å². The van der Waals surface area contributed by atoms with Crippen molar-refractivity contribution < 1.29 is 9.53 Å². The summed E-state index contributed by atoms with van der Waals surface area (Å²) in [6.45, 7) is 5.20. The Morgan fingerprint density at radius 3 is 3.00 bits per heavy atom. The van der Waals surface area contributed by atoms with Crippen LogP contribution in [0.4, 0.5) is 5.00 Å². The normalized spacial score (nSPS) is 9.86. The molecule has 0 atom stereocenters. The molecule has 0 spiro atoms. The highest BCUT2D eigenvalue weighted by Crippen LogP contribution is 2.23. The second-order valence-electron chi connectivity index (χ2n) is 2.81. The number of hydrogen-bond donors (Lipinski definition) is 1. The molecule has 0 fully saturated rings. The Morgan fingerprint density at radius 2 is 2.36 bits per heavy atom. The van der Waals surface area contributed by atoms with Crippen LogP contribution in [-0.4, -0.2) is 19.1 Å². The predicted octanol–water partition coefficient (Wildman–Crippen LogP) is 2.75. The lowest BCUT2D eigenvalue weighted by atomic mass is 10.3. The van der Waals surface area contributed by atoms with Crippen molar-refractivity contribution in [3.05, 3.63) is 17.0 Å². The summed E-state index contributed by atoms with van der Waals surface area (Å²) in [6.07, 6.45) is 1.04. The molecule has 0 amide bonds. The van der Waals surface area contributed by atoms with Crippen molar-refractivity contribution in [2.24, 2.45) is 0 Å². The second kappa shape index (κ2) is 5.65. The van der Waals surface area contributed by atoms with E-state index in [2.05, 4.69) is 12.2 Å². The fourth-order valence-electron chi connectivity index (χ4n) is 1.05. The van der Waals surface area contributed by atoms with Crippen molar-refractivity contribution >= 4 is 22.3 Å². The van der Waals surface area contributed by atoms with Crippen molar-refractivity contribution in [2.45, 2.75) is 20.3 Å². The Kier molecular flexibility index (Phi) is 4.46. The first-order chi connectivity index (χ1) is 6.79. The molecule has 1 aromatic rings. The van der Waals surface area contributed by atoms with Crippen molar-refractivity contribution in [2.75, 3.05) is 18.5 Å². The van der Waals surface area contributed by atoms with Crippen LogP contribution in [0.1, 0.15) is 30.6 Å². The van der Waals surface area contributed by atoms with Crippen molar-refractivity contribution in [3.63, 3.8) is 0 Å². The summed E-state index contributed by atoms with van der Waals surface area (Å²) in [4.78, 5) is 11.4. The molecule has 78 valence electrons. The van der Waals surface area contributed by atoms with Gasteiger partial charge in [-0.1, -0.05) is 6.92 Å². The summed E-state index contributed by atoms with van der Waals surface area (Å²) in [5.74, 6) is -0.243. The molecule has 3 nitrogen and oxygen atoms in total. The molecule has 0 bridgehead atoms. The van der Waals surface area contributed by atoms with Gasteiger partial charge in [0.2, 0.25) is 0 Å². The van der Waals surface area contributed by atoms with Gasteiger partial charge in [0.25, 0.3) is 0 Å². The average molecular weight is 213 g/mol. The maximum atomic E-state index is 11.4. The van der Waals surface area contributed by atoms with Gasteiger partial charge in [-0.2, -0.15) is 0 Å². The highest BCUT2D eigenvalue weighted by Gasteiger charge is 2.12. The largest absolute Gasteiger partial charge is 0.462 e. The minimum atomic E-state index is -0.243. The lowest BCUT2D eigenvalue weighted by Gasteiger charge is -2.05. The lowest BCUT2D eigenvalue weighted by Crippen LogP contribution is -2.07. The van der Waals surface area contributed by atoms with E-state index in [0.29, 0.717) is 12.2 Å². The number of nitrogens with one attached hydrogen (secondary N) is 1. The van der Waals surface area contributed by atoms with E-state index in [1.165, 1.54) is 11.3 Å². The zero-order chi connectivity index (χ0) is 10.4. The molecule has 1 N–H and O–H groups in total. The number of anilines is 1.